The van der Waals surface area contributed by atoms with Crippen molar-refractivity contribution in [1.82, 2.24) is 0 Å². The molecule has 0 N–H and O–H groups in total. The zero-order chi connectivity index (χ0) is 11.7. The molecule has 16 heavy (non-hydrogen) atoms. The van der Waals surface area contributed by atoms with Gasteiger partial charge in [0.15, 0.2) is 0 Å². The summed E-state index contributed by atoms with van der Waals surface area (Å²) in [5.41, 5.74) is 3.01. The van der Waals surface area contributed by atoms with Crippen LogP contribution in [0.2, 0.25) is 0 Å². The fourth-order valence-electron chi connectivity index (χ4n) is 3.20. The van der Waals surface area contributed by atoms with Gasteiger partial charge in [-0.25, -0.2) is 0 Å². The fourth-order valence-corrected chi connectivity index (χ4v) is 3.20. The molecule has 0 amide bonds. The van der Waals surface area contributed by atoms with Crippen molar-refractivity contribution in [2.45, 2.75) is 39.5 Å². The molecule has 0 saturated heterocycles. The van der Waals surface area contributed by atoms with Crippen molar-refractivity contribution in [2.75, 3.05) is 7.11 Å². The van der Waals surface area contributed by atoms with Gasteiger partial charge in [0.1, 0.15) is 5.75 Å². The van der Waals surface area contributed by atoms with Crippen LogP contribution in [0.1, 0.15) is 44.2 Å². The zero-order valence-corrected chi connectivity index (χ0v) is 10.8. The molecule has 1 aromatic carbocycles. The summed E-state index contributed by atoms with van der Waals surface area (Å²) in [5.74, 6) is 3.43. The number of ether oxygens (including phenoxy) is 1. The molecule has 0 radical (unpaired) electrons. The molecule has 1 heteroatoms. The van der Waals surface area contributed by atoms with Gasteiger partial charge in [0.05, 0.1) is 7.11 Å². The molecule has 0 bridgehead atoms. The van der Waals surface area contributed by atoms with Crippen molar-refractivity contribution in [2.24, 2.45) is 11.8 Å². The van der Waals surface area contributed by atoms with Gasteiger partial charge in [-0.1, -0.05) is 26.8 Å². The molecule has 0 spiro atoms. The third-order valence-corrected chi connectivity index (χ3v) is 4.06. The lowest BCUT2D eigenvalue weighted by atomic mass is 9.62. The van der Waals surface area contributed by atoms with E-state index in [1.54, 1.807) is 12.7 Å². The minimum Gasteiger partial charge on any atom is -0.497 e. The molecule has 2 atom stereocenters. The Balaban J connectivity index is 2.33. The lowest BCUT2D eigenvalue weighted by Crippen LogP contribution is -2.31. The van der Waals surface area contributed by atoms with Gasteiger partial charge in [-0.05, 0) is 53.9 Å². The summed E-state index contributed by atoms with van der Waals surface area (Å²) in [6.45, 7) is 6.97. The Labute approximate surface area is 98.8 Å². The average Bonchev–Trinajstić information content (AvgIpc) is 2.29. The third kappa shape index (κ3) is 1.83. The van der Waals surface area contributed by atoms with Crippen molar-refractivity contribution < 1.29 is 4.74 Å². The van der Waals surface area contributed by atoms with Crippen molar-refractivity contribution >= 4 is 0 Å². The van der Waals surface area contributed by atoms with Crippen LogP contribution in [0.4, 0.5) is 0 Å². The quantitative estimate of drug-likeness (QED) is 0.744. The van der Waals surface area contributed by atoms with E-state index in [9.17, 15) is 0 Å². The number of hydrogen-bond donors (Lipinski definition) is 0. The largest absolute Gasteiger partial charge is 0.497 e. The maximum absolute atomic E-state index is 5.30. The maximum atomic E-state index is 5.30. The predicted molar refractivity (Wildman–Crippen MR) is 68.1 cm³/mol. The number of hydrogen-bond acceptors (Lipinski definition) is 1. The van der Waals surface area contributed by atoms with Crippen LogP contribution in [0.25, 0.3) is 0 Å². The van der Waals surface area contributed by atoms with Gasteiger partial charge in [-0.15, -0.1) is 0 Å². The Morgan fingerprint density at radius 3 is 2.44 bits per heavy atom. The van der Waals surface area contributed by atoms with E-state index in [1.807, 2.05) is 0 Å². The van der Waals surface area contributed by atoms with Gasteiger partial charge in [-0.2, -0.15) is 0 Å². The Hall–Kier alpha value is -0.980. The van der Waals surface area contributed by atoms with E-state index >= 15 is 0 Å². The molecule has 1 aliphatic carbocycles. The van der Waals surface area contributed by atoms with E-state index in [1.165, 1.54) is 12.0 Å². The zero-order valence-electron chi connectivity index (χ0n) is 10.8. The molecule has 0 heterocycles. The van der Waals surface area contributed by atoms with Crippen molar-refractivity contribution in [1.29, 1.82) is 0 Å². The van der Waals surface area contributed by atoms with Gasteiger partial charge in [0.2, 0.25) is 0 Å². The van der Waals surface area contributed by atoms with Crippen LogP contribution in [-0.4, -0.2) is 7.11 Å². The Bertz CT molecular complexity index is 362. The van der Waals surface area contributed by atoms with E-state index in [0.717, 1.165) is 29.9 Å². The van der Waals surface area contributed by atoms with Crippen LogP contribution < -0.4 is 4.74 Å². The van der Waals surface area contributed by atoms with E-state index < -0.39 is 0 Å². The lowest BCUT2D eigenvalue weighted by Gasteiger charge is -2.42. The first-order valence-electron chi connectivity index (χ1n) is 6.34. The molecule has 1 aliphatic rings. The molecule has 88 valence electrons. The topological polar surface area (TPSA) is 9.23 Å². The van der Waals surface area contributed by atoms with E-state index in [0.29, 0.717) is 0 Å². The van der Waals surface area contributed by atoms with E-state index in [-0.39, 0.29) is 0 Å². The summed E-state index contributed by atoms with van der Waals surface area (Å²) in [7, 11) is 1.74. The number of benzene rings is 1. The molecule has 1 fully saturated rings. The lowest BCUT2D eigenvalue weighted by molar-refractivity contribution is 0.175. The highest BCUT2D eigenvalue weighted by Crippen LogP contribution is 2.48. The number of rotatable bonds is 3. The van der Waals surface area contributed by atoms with Crippen LogP contribution in [0.15, 0.2) is 18.2 Å². The highest BCUT2D eigenvalue weighted by Gasteiger charge is 2.36. The number of aryl methyl sites for hydroxylation is 1. The van der Waals surface area contributed by atoms with Gasteiger partial charge < -0.3 is 4.74 Å². The molecule has 0 aliphatic heterocycles. The highest BCUT2D eigenvalue weighted by molar-refractivity contribution is 5.39. The molecule has 1 saturated carbocycles. The summed E-state index contributed by atoms with van der Waals surface area (Å²) < 4.78 is 5.30. The normalized spacial score (nSPS) is 28.6. The highest BCUT2D eigenvalue weighted by atomic mass is 16.5. The van der Waals surface area contributed by atoms with Gasteiger partial charge >= 0.3 is 0 Å². The second kappa shape index (κ2) is 4.48. The van der Waals surface area contributed by atoms with Crippen LogP contribution in [0, 0.1) is 11.8 Å². The van der Waals surface area contributed by atoms with Crippen molar-refractivity contribution in [3.63, 3.8) is 0 Å². The molecular weight excluding hydrogens is 196 g/mol. The Morgan fingerprint density at radius 1 is 1.25 bits per heavy atom. The van der Waals surface area contributed by atoms with Crippen LogP contribution in [0.5, 0.6) is 5.75 Å². The Morgan fingerprint density at radius 2 is 1.94 bits per heavy atom. The number of methoxy groups -OCH3 is 1. The maximum Gasteiger partial charge on any atom is 0.119 e. The van der Waals surface area contributed by atoms with Crippen LogP contribution >= 0.6 is 0 Å². The SMILES string of the molecule is CCc1cc(OC)ccc1C1C(C)CC1C. The monoisotopic (exact) mass is 218 g/mol. The third-order valence-electron chi connectivity index (χ3n) is 4.06. The summed E-state index contributed by atoms with van der Waals surface area (Å²) in [4.78, 5) is 0. The minimum absolute atomic E-state index is 0.765. The summed E-state index contributed by atoms with van der Waals surface area (Å²) in [6.07, 6.45) is 2.47. The smallest absolute Gasteiger partial charge is 0.119 e. The van der Waals surface area contributed by atoms with Crippen molar-refractivity contribution in [3.05, 3.63) is 29.3 Å². The first-order valence-corrected chi connectivity index (χ1v) is 6.34. The Kier molecular flexibility index (Phi) is 3.22. The summed E-state index contributed by atoms with van der Waals surface area (Å²) >= 11 is 0. The average molecular weight is 218 g/mol. The van der Waals surface area contributed by atoms with Gasteiger partial charge in [-0.3, -0.25) is 0 Å². The molecule has 1 aromatic rings. The first-order chi connectivity index (χ1) is 7.67. The fraction of sp³-hybridized carbons (Fsp3) is 0.600. The predicted octanol–water partition coefficient (Wildman–Crippen LogP) is 4.02. The molecule has 1 nitrogen and oxygen atoms in total. The van der Waals surface area contributed by atoms with Crippen LogP contribution in [0.3, 0.4) is 0 Å². The van der Waals surface area contributed by atoms with E-state index in [4.69, 9.17) is 4.74 Å². The first kappa shape index (κ1) is 11.5. The van der Waals surface area contributed by atoms with Gasteiger partial charge in [0.25, 0.3) is 0 Å². The molecular formula is C15H22O. The van der Waals surface area contributed by atoms with E-state index in [2.05, 4.69) is 39.0 Å². The van der Waals surface area contributed by atoms with Crippen LogP contribution in [-0.2, 0) is 6.42 Å². The second-order valence-electron chi connectivity index (χ2n) is 5.13. The standard InChI is InChI=1S/C15H22O/c1-5-12-9-13(16-4)6-7-14(12)15-10(2)8-11(15)3/h6-7,9-11,15H,5,8H2,1-4H3. The molecule has 2 unspecified atom stereocenters. The molecule has 2 rings (SSSR count). The second-order valence-corrected chi connectivity index (χ2v) is 5.13. The summed E-state index contributed by atoms with van der Waals surface area (Å²) in [5, 5.41) is 0. The minimum atomic E-state index is 0.765. The van der Waals surface area contributed by atoms with Crippen molar-refractivity contribution in [3.8, 4) is 5.75 Å². The summed E-state index contributed by atoms with van der Waals surface area (Å²) in [6, 6.07) is 6.58. The molecule has 0 aromatic heterocycles. The van der Waals surface area contributed by atoms with Gasteiger partial charge in [0, 0.05) is 0 Å².